The number of rotatable bonds is 0. The van der Waals surface area contributed by atoms with Crippen LogP contribution in [0.2, 0.25) is 5.02 Å². The first-order valence-electron chi connectivity index (χ1n) is 3.68. The van der Waals surface area contributed by atoms with E-state index in [9.17, 15) is 5.21 Å². The van der Waals surface area contributed by atoms with Crippen LogP contribution in [0.3, 0.4) is 0 Å². The van der Waals surface area contributed by atoms with Gasteiger partial charge in [0.05, 0.1) is 5.02 Å². The van der Waals surface area contributed by atoms with Gasteiger partial charge in [-0.3, -0.25) is 0 Å². The Kier molecular flexibility index (Phi) is 1.50. The summed E-state index contributed by atoms with van der Waals surface area (Å²) in [6.07, 6.45) is 4.37. The van der Waals surface area contributed by atoms with Gasteiger partial charge in [0.1, 0.15) is 0 Å². The van der Waals surface area contributed by atoms with Gasteiger partial charge in [-0.05, 0) is 12.8 Å². The lowest BCUT2D eigenvalue weighted by molar-refractivity contribution is -0.613. The van der Waals surface area contributed by atoms with E-state index in [0.29, 0.717) is 0 Å². The van der Waals surface area contributed by atoms with Gasteiger partial charge in [0, 0.05) is 18.1 Å². The van der Waals surface area contributed by atoms with Gasteiger partial charge in [-0.25, -0.2) is 0 Å². The molecule has 1 aromatic heterocycles. The van der Waals surface area contributed by atoms with Crippen molar-refractivity contribution in [3.63, 3.8) is 0 Å². The van der Waals surface area contributed by atoms with E-state index in [2.05, 4.69) is 0 Å². The molecule has 0 atom stereocenters. The topological polar surface area (TPSA) is 26.9 Å². The van der Waals surface area contributed by atoms with Crippen LogP contribution in [-0.2, 0) is 12.8 Å². The van der Waals surface area contributed by atoms with Crippen LogP contribution in [0.4, 0.5) is 0 Å². The Labute approximate surface area is 70.0 Å². The molecule has 0 fully saturated rings. The van der Waals surface area contributed by atoms with Crippen molar-refractivity contribution in [1.82, 2.24) is 0 Å². The lowest BCUT2D eigenvalue weighted by Crippen LogP contribution is -2.30. The predicted octanol–water partition coefficient (Wildman–Crippen LogP) is 1.46. The molecule has 1 aromatic rings. The minimum absolute atomic E-state index is 0.740. The fourth-order valence-electron chi connectivity index (χ4n) is 1.55. The molecule has 1 aliphatic rings. The number of aromatic nitrogens is 1. The summed E-state index contributed by atoms with van der Waals surface area (Å²) in [6.45, 7) is 0. The van der Waals surface area contributed by atoms with E-state index in [1.165, 1.54) is 6.20 Å². The molecule has 58 valence electrons. The molecule has 0 spiro atoms. The summed E-state index contributed by atoms with van der Waals surface area (Å²) in [5, 5.41) is 11.9. The summed E-state index contributed by atoms with van der Waals surface area (Å²) in [5.74, 6) is 0. The third-order valence-electron chi connectivity index (χ3n) is 2.10. The highest BCUT2D eigenvalue weighted by atomic mass is 35.5. The number of nitrogens with zero attached hydrogens (tertiary/aromatic N) is 1. The standard InChI is InChI=1S/C8H8ClNO/c9-7-4-5-10(11)8-3-1-2-6(7)8/h4-5H,1-3H2. The molecule has 1 aliphatic carbocycles. The lowest BCUT2D eigenvalue weighted by atomic mass is 10.2. The van der Waals surface area contributed by atoms with E-state index in [1.54, 1.807) is 6.07 Å². The van der Waals surface area contributed by atoms with E-state index < -0.39 is 0 Å². The van der Waals surface area contributed by atoms with E-state index in [4.69, 9.17) is 11.6 Å². The Bertz CT molecular complexity index is 269. The van der Waals surface area contributed by atoms with Crippen molar-refractivity contribution < 1.29 is 4.73 Å². The van der Waals surface area contributed by atoms with E-state index >= 15 is 0 Å². The van der Waals surface area contributed by atoms with Gasteiger partial charge in [0.25, 0.3) is 0 Å². The molecule has 0 saturated heterocycles. The number of hydrogen-bond acceptors (Lipinski definition) is 1. The highest BCUT2D eigenvalue weighted by molar-refractivity contribution is 6.31. The first-order chi connectivity index (χ1) is 5.29. The maximum absolute atomic E-state index is 11.1. The molecule has 0 unspecified atom stereocenters. The van der Waals surface area contributed by atoms with E-state index in [1.807, 2.05) is 0 Å². The third kappa shape index (κ3) is 0.979. The van der Waals surface area contributed by atoms with Crippen LogP contribution in [0, 0.1) is 5.21 Å². The molecule has 0 N–H and O–H groups in total. The molecule has 11 heavy (non-hydrogen) atoms. The summed E-state index contributed by atoms with van der Waals surface area (Å²) in [4.78, 5) is 0. The van der Waals surface area contributed by atoms with E-state index in [-0.39, 0.29) is 0 Å². The molecule has 2 nitrogen and oxygen atoms in total. The SMILES string of the molecule is [O-][n+]1ccc(Cl)c2c1CCC2. The zero-order chi connectivity index (χ0) is 7.84. The normalized spacial score (nSPS) is 15.0. The summed E-state index contributed by atoms with van der Waals surface area (Å²) >= 11 is 5.89. The van der Waals surface area contributed by atoms with Crippen molar-refractivity contribution >= 4 is 11.6 Å². The van der Waals surface area contributed by atoms with Crippen molar-refractivity contribution in [2.24, 2.45) is 0 Å². The maximum atomic E-state index is 11.1. The molecule has 0 aliphatic heterocycles. The second-order valence-electron chi connectivity index (χ2n) is 2.77. The van der Waals surface area contributed by atoms with Crippen LogP contribution in [0.5, 0.6) is 0 Å². The summed E-state index contributed by atoms with van der Waals surface area (Å²) in [6, 6.07) is 1.67. The van der Waals surface area contributed by atoms with Crippen LogP contribution in [0.1, 0.15) is 17.7 Å². The second-order valence-corrected chi connectivity index (χ2v) is 3.18. The molecule has 3 heteroatoms. The lowest BCUT2D eigenvalue weighted by Gasteiger charge is -2.02. The van der Waals surface area contributed by atoms with Gasteiger partial charge in [-0.15, -0.1) is 0 Å². The average Bonchev–Trinajstić information content (AvgIpc) is 2.45. The molecule has 0 amide bonds. The summed E-state index contributed by atoms with van der Waals surface area (Å²) in [7, 11) is 0. The van der Waals surface area contributed by atoms with Crippen molar-refractivity contribution in [3.05, 3.63) is 33.8 Å². The zero-order valence-electron chi connectivity index (χ0n) is 6.01. The van der Waals surface area contributed by atoms with Crippen molar-refractivity contribution in [2.75, 3.05) is 0 Å². The summed E-state index contributed by atoms with van der Waals surface area (Å²) in [5.41, 5.74) is 1.90. The van der Waals surface area contributed by atoms with Crippen molar-refractivity contribution in [3.8, 4) is 0 Å². The van der Waals surface area contributed by atoms with Crippen LogP contribution in [-0.4, -0.2) is 0 Å². The molecule has 0 aromatic carbocycles. The van der Waals surface area contributed by atoms with Crippen molar-refractivity contribution in [1.29, 1.82) is 0 Å². The summed E-state index contributed by atoms with van der Waals surface area (Å²) < 4.78 is 0.925. The number of pyridine rings is 1. The van der Waals surface area contributed by atoms with Crippen LogP contribution < -0.4 is 4.73 Å². The minimum Gasteiger partial charge on any atom is -0.618 e. The Morgan fingerprint density at radius 1 is 1.45 bits per heavy atom. The smallest absolute Gasteiger partial charge is 0.197 e. The highest BCUT2D eigenvalue weighted by Gasteiger charge is 2.21. The van der Waals surface area contributed by atoms with Gasteiger partial charge in [0.2, 0.25) is 0 Å². The molecular weight excluding hydrogens is 162 g/mol. The van der Waals surface area contributed by atoms with Crippen LogP contribution >= 0.6 is 11.6 Å². The molecule has 0 bridgehead atoms. The molecular formula is C8H8ClNO. The fraction of sp³-hybridized carbons (Fsp3) is 0.375. The fourth-order valence-corrected chi connectivity index (χ4v) is 1.81. The molecule has 0 saturated carbocycles. The Morgan fingerprint density at radius 2 is 2.27 bits per heavy atom. The van der Waals surface area contributed by atoms with Gasteiger partial charge >= 0.3 is 0 Å². The number of fused-ring (bicyclic) bond motifs is 1. The quantitative estimate of drug-likeness (QED) is 0.427. The van der Waals surface area contributed by atoms with Crippen LogP contribution in [0.15, 0.2) is 12.3 Å². The number of hydrogen-bond donors (Lipinski definition) is 0. The monoisotopic (exact) mass is 169 g/mol. The van der Waals surface area contributed by atoms with Crippen molar-refractivity contribution in [2.45, 2.75) is 19.3 Å². The predicted molar refractivity (Wildman–Crippen MR) is 42.4 cm³/mol. The zero-order valence-corrected chi connectivity index (χ0v) is 6.77. The first kappa shape index (κ1) is 6.92. The third-order valence-corrected chi connectivity index (χ3v) is 2.45. The van der Waals surface area contributed by atoms with E-state index in [0.717, 1.165) is 40.3 Å². The molecule has 2 rings (SSSR count). The molecule has 1 heterocycles. The molecule has 0 radical (unpaired) electrons. The second kappa shape index (κ2) is 2.38. The Balaban J connectivity index is 2.64. The van der Waals surface area contributed by atoms with Gasteiger partial charge in [-0.1, -0.05) is 11.6 Å². The maximum Gasteiger partial charge on any atom is 0.197 e. The van der Waals surface area contributed by atoms with Gasteiger partial charge in [0.15, 0.2) is 11.9 Å². The average molecular weight is 170 g/mol. The Hall–Kier alpha value is -0.760. The van der Waals surface area contributed by atoms with Gasteiger partial charge < -0.3 is 5.21 Å². The highest BCUT2D eigenvalue weighted by Crippen LogP contribution is 2.25. The Morgan fingerprint density at radius 3 is 3.00 bits per heavy atom. The minimum atomic E-state index is 0.740. The van der Waals surface area contributed by atoms with Gasteiger partial charge in [-0.2, -0.15) is 4.73 Å². The largest absolute Gasteiger partial charge is 0.618 e. The first-order valence-corrected chi connectivity index (χ1v) is 4.06. The number of halogens is 1. The van der Waals surface area contributed by atoms with Crippen LogP contribution in [0.25, 0.3) is 0 Å².